The van der Waals surface area contributed by atoms with Crippen LogP contribution in [0.4, 0.5) is 10.1 Å². The van der Waals surface area contributed by atoms with Crippen LogP contribution in [-0.4, -0.2) is 0 Å². The highest BCUT2D eigenvalue weighted by atomic mass is 19.1. The van der Waals surface area contributed by atoms with E-state index in [2.05, 4.69) is 0 Å². The van der Waals surface area contributed by atoms with Crippen molar-refractivity contribution >= 4 is 5.69 Å². The van der Waals surface area contributed by atoms with Crippen molar-refractivity contribution in [3.8, 4) is 11.1 Å². The van der Waals surface area contributed by atoms with Crippen LogP contribution in [0.2, 0.25) is 0 Å². The Morgan fingerprint density at radius 2 is 1.87 bits per heavy atom. The van der Waals surface area contributed by atoms with Gasteiger partial charge >= 0.3 is 0 Å². The molecule has 0 aliphatic heterocycles. The van der Waals surface area contributed by atoms with Gasteiger partial charge in [0.15, 0.2) is 0 Å². The minimum Gasteiger partial charge on any atom is -0.466 e. The second-order valence-electron chi connectivity index (χ2n) is 3.57. The molecule has 2 aromatic rings. The molecule has 0 radical (unpaired) electrons. The molecule has 0 atom stereocenters. The van der Waals surface area contributed by atoms with Gasteiger partial charge in [-0.05, 0) is 38.1 Å². The number of hydrogen-bond donors (Lipinski definition) is 1. The quantitative estimate of drug-likeness (QED) is 0.725. The molecule has 15 heavy (non-hydrogen) atoms. The van der Waals surface area contributed by atoms with Crippen LogP contribution in [0.1, 0.15) is 11.5 Å². The molecule has 2 N–H and O–H groups in total. The summed E-state index contributed by atoms with van der Waals surface area (Å²) in [4.78, 5) is 0. The Bertz CT molecular complexity index is 502. The van der Waals surface area contributed by atoms with E-state index in [-0.39, 0.29) is 5.82 Å². The summed E-state index contributed by atoms with van der Waals surface area (Å²) in [6.45, 7) is 3.64. The van der Waals surface area contributed by atoms with Crippen molar-refractivity contribution in [1.82, 2.24) is 0 Å². The van der Waals surface area contributed by atoms with Gasteiger partial charge in [0, 0.05) is 16.8 Å². The number of aryl methyl sites for hydroxylation is 2. The van der Waals surface area contributed by atoms with Gasteiger partial charge in [0.25, 0.3) is 0 Å². The molecule has 0 aliphatic rings. The first-order chi connectivity index (χ1) is 7.08. The summed E-state index contributed by atoms with van der Waals surface area (Å²) in [5.41, 5.74) is 7.42. The first kappa shape index (κ1) is 9.77. The highest BCUT2D eigenvalue weighted by Gasteiger charge is 2.11. The number of furan rings is 1. The summed E-state index contributed by atoms with van der Waals surface area (Å²) in [5.74, 6) is 1.19. The summed E-state index contributed by atoms with van der Waals surface area (Å²) < 4.78 is 18.9. The van der Waals surface area contributed by atoms with E-state index in [4.69, 9.17) is 10.2 Å². The second-order valence-corrected chi connectivity index (χ2v) is 3.57. The molecule has 0 fully saturated rings. The van der Waals surface area contributed by atoms with E-state index in [1.807, 2.05) is 19.9 Å². The monoisotopic (exact) mass is 205 g/mol. The van der Waals surface area contributed by atoms with Gasteiger partial charge in [-0.2, -0.15) is 0 Å². The first-order valence-corrected chi connectivity index (χ1v) is 4.70. The summed E-state index contributed by atoms with van der Waals surface area (Å²) in [5, 5.41) is 0. The molecule has 0 saturated carbocycles. The Morgan fingerprint density at radius 3 is 2.47 bits per heavy atom. The molecule has 0 saturated heterocycles. The van der Waals surface area contributed by atoms with Gasteiger partial charge in [-0.1, -0.05) is 0 Å². The van der Waals surface area contributed by atoms with Gasteiger partial charge in [0.2, 0.25) is 0 Å². The van der Waals surface area contributed by atoms with Gasteiger partial charge in [0.1, 0.15) is 17.3 Å². The Hall–Kier alpha value is -1.77. The van der Waals surface area contributed by atoms with E-state index in [9.17, 15) is 4.39 Å². The molecular weight excluding hydrogens is 193 g/mol. The number of benzene rings is 1. The standard InChI is InChI=1S/C12H12FNO/c1-7-5-10(8(2)15-7)11-6-9(14)3-4-12(11)13/h3-6H,14H2,1-2H3. The molecule has 0 bridgehead atoms. The fourth-order valence-corrected chi connectivity index (χ4v) is 1.65. The Kier molecular flexibility index (Phi) is 2.23. The molecule has 1 aromatic carbocycles. The third kappa shape index (κ3) is 1.73. The highest BCUT2D eigenvalue weighted by Crippen LogP contribution is 2.30. The minimum absolute atomic E-state index is 0.284. The fourth-order valence-electron chi connectivity index (χ4n) is 1.65. The van der Waals surface area contributed by atoms with E-state index in [1.54, 1.807) is 12.1 Å². The van der Waals surface area contributed by atoms with E-state index >= 15 is 0 Å². The van der Waals surface area contributed by atoms with Crippen molar-refractivity contribution in [2.75, 3.05) is 5.73 Å². The maximum Gasteiger partial charge on any atom is 0.131 e. The number of nitrogen functional groups attached to an aromatic ring is 1. The molecule has 78 valence electrons. The molecular formula is C12H12FNO. The third-order valence-corrected chi connectivity index (χ3v) is 2.32. The maximum atomic E-state index is 13.5. The molecule has 2 nitrogen and oxygen atoms in total. The van der Waals surface area contributed by atoms with Crippen LogP contribution in [0, 0.1) is 19.7 Å². The van der Waals surface area contributed by atoms with Crippen LogP contribution in [0.3, 0.4) is 0 Å². The van der Waals surface area contributed by atoms with E-state index < -0.39 is 0 Å². The molecule has 1 aromatic heterocycles. The van der Waals surface area contributed by atoms with E-state index in [1.165, 1.54) is 6.07 Å². The number of anilines is 1. The van der Waals surface area contributed by atoms with Gasteiger partial charge in [-0.3, -0.25) is 0 Å². The van der Waals surface area contributed by atoms with Crippen LogP contribution >= 0.6 is 0 Å². The van der Waals surface area contributed by atoms with Crippen molar-refractivity contribution in [2.24, 2.45) is 0 Å². The zero-order chi connectivity index (χ0) is 11.0. The predicted molar refractivity (Wildman–Crippen MR) is 58.0 cm³/mol. The molecule has 3 heteroatoms. The lowest BCUT2D eigenvalue weighted by molar-refractivity contribution is 0.505. The smallest absolute Gasteiger partial charge is 0.131 e. The summed E-state index contributed by atoms with van der Waals surface area (Å²) in [7, 11) is 0. The Labute approximate surface area is 87.5 Å². The van der Waals surface area contributed by atoms with Crippen molar-refractivity contribution in [1.29, 1.82) is 0 Å². The van der Waals surface area contributed by atoms with Crippen molar-refractivity contribution in [3.63, 3.8) is 0 Å². The second kappa shape index (κ2) is 3.42. The van der Waals surface area contributed by atoms with Crippen molar-refractivity contribution in [3.05, 3.63) is 41.6 Å². The average Bonchev–Trinajstić information content (AvgIpc) is 2.50. The number of hydrogen-bond acceptors (Lipinski definition) is 2. The van der Waals surface area contributed by atoms with Gasteiger partial charge in [0.05, 0.1) is 0 Å². The predicted octanol–water partition coefficient (Wildman–Crippen LogP) is 3.28. The fraction of sp³-hybridized carbons (Fsp3) is 0.167. The zero-order valence-corrected chi connectivity index (χ0v) is 8.67. The molecule has 0 unspecified atom stereocenters. The summed E-state index contributed by atoms with van der Waals surface area (Å²) in [6.07, 6.45) is 0. The van der Waals surface area contributed by atoms with Gasteiger partial charge in [-0.25, -0.2) is 4.39 Å². The minimum atomic E-state index is -0.284. The average molecular weight is 205 g/mol. The summed E-state index contributed by atoms with van der Waals surface area (Å²) >= 11 is 0. The molecule has 0 amide bonds. The number of nitrogens with two attached hydrogens (primary N) is 1. The number of halogens is 1. The Balaban J connectivity index is 2.62. The van der Waals surface area contributed by atoms with Crippen LogP contribution in [-0.2, 0) is 0 Å². The lowest BCUT2D eigenvalue weighted by Gasteiger charge is -2.02. The molecule has 0 spiro atoms. The largest absolute Gasteiger partial charge is 0.466 e. The maximum absolute atomic E-state index is 13.5. The van der Waals surface area contributed by atoms with Crippen LogP contribution in [0.15, 0.2) is 28.7 Å². The van der Waals surface area contributed by atoms with Crippen LogP contribution in [0.5, 0.6) is 0 Å². The van der Waals surface area contributed by atoms with E-state index in [0.717, 1.165) is 11.3 Å². The van der Waals surface area contributed by atoms with Gasteiger partial charge < -0.3 is 10.2 Å². The molecule has 0 aliphatic carbocycles. The van der Waals surface area contributed by atoms with Crippen molar-refractivity contribution in [2.45, 2.75) is 13.8 Å². The lowest BCUT2D eigenvalue weighted by Crippen LogP contribution is -1.89. The third-order valence-electron chi connectivity index (χ3n) is 2.32. The SMILES string of the molecule is Cc1cc(-c2cc(N)ccc2F)c(C)o1. The van der Waals surface area contributed by atoms with Gasteiger partial charge in [-0.15, -0.1) is 0 Å². The van der Waals surface area contributed by atoms with Crippen LogP contribution < -0.4 is 5.73 Å². The Morgan fingerprint density at radius 1 is 1.13 bits per heavy atom. The van der Waals surface area contributed by atoms with Crippen LogP contribution in [0.25, 0.3) is 11.1 Å². The first-order valence-electron chi connectivity index (χ1n) is 4.70. The van der Waals surface area contributed by atoms with E-state index in [0.29, 0.717) is 17.0 Å². The lowest BCUT2D eigenvalue weighted by atomic mass is 10.1. The topological polar surface area (TPSA) is 39.2 Å². The number of rotatable bonds is 1. The highest BCUT2D eigenvalue weighted by molar-refractivity contribution is 5.69. The zero-order valence-electron chi connectivity index (χ0n) is 8.67. The molecule has 2 rings (SSSR count). The van der Waals surface area contributed by atoms with Crippen molar-refractivity contribution < 1.29 is 8.81 Å². The summed E-state index contributed by atoms with van der Waals surface area (Å²) in [6, 6.07) is 6.34. The normalized spacial score (nSPS) is 10.6. The molecule has 1 heterocycles.